The Morgan fingerprint density at radius 3 is 2.69 bits per heavy atom. The standard InChI is InChI=1S/C22H23N5O3S2/c1-14-5-6-18(15(2)12-14)32-21-16(4-3-7-23-21)19(28)25-26-20(29)17-13-31-22(24-17)27-8-10-30-11-9-27/h3-7,12-13H,8-11H2,1-2H3,(H,25,28)(H,26,29). The Bertz CT molecular complexity index is 1130. The largest absolute Gasteiger partial charge is 0.378 e. The summed E-state index contributed by atoms with van der Waals surface area (Å²) in [6, 6.07) is 9.50. The highest BCUT2D eigenvalue weighted by Gasteiger charge is 2.19. The second-order valence-corrected chi connectivity index (χ2v) is 9.12. The summed E-state index contributed by atoms with van der Waals surface area (Å²) in [4.78, 5) is 37.1. The van der Waals surface area contributed by atoms with Crippen LogP contribution in [0.25, 0.3) is 0 Å². The molecule has 0 radical (unpaired) electrons. The van der Waals surface area contributed by atoms with Crippen molar-refractivity contribution >= 4 is 40.0 Å². The van der Waals surface area contributed by atoms with E-state index in [2.05, 4.69) is 31.8 Å². The lowest BCUT2D eigenvalue weighted by molar-refractivity contribution is 0.0842. The number of carbonyl (C=O) groups excluding carboxylic acids is 2. The van der Waals surface area contributed by atoms with Crippen molar-refractivity contribution in [1.82, 2.24) is 20.8 Å². The minimum Gasteiger partial charge on any atom is -0.378 e. The fraction of sp³-hybridized carbons (Fsp3) is 0.273. The number of morpholine rings is 1. The van der Waals surface area contributed by atoms with Crippen molar-refractivity contribution in [3.63, 3.8) is 0 Å². The summed E-state index contributed by atoms with van der Waals surface area (Å²) in [6.45, 7) is 6.84. The molecular weight excluding hydrogens is 446 g/mol. The summed E-state index contributed by atoms with van der Waals surface area (Å²) < 4.78 is 5.34. The Kier molecular flexibility index (Phi) is 7.03. The molecule has 32 heavy (non-hydrogen) atoms. The SMILES string of the molecule is Cc1ccc(Sc2ncccc2C(=O)NNC(=O)c2csc(N3CCOCC3)n2)c(C)c1. The highest BCUT2D eigenvalue weighted by atomic mass is 32.2. The number of thiazole rings is 1. The van der Waals surface area contributed by atoms with Crippen LogP contribution in [0.4, 0.5) is 5.13 Å². The number of pyridine rings is 1. The zero-order valence-corrected chi connectivity index (χ0v) is 19.4. The fourth-order valence-electron chi connectivity index (χ4n) is 3.18. The molecule has 1 fully saturated rings. The van der Waals surface area contributed by atoms with Gasteiger partial charge in [-0.2, -0.15) is 0 Å². The Morgan fingerprint density at radius 1 is 1.12 bits per heavy atom. The Hall–Kier alpha value is -2.95. The average molecular weight is 470 g/mol. The van der Waals surface area contributed by atoms with Crippen LogP contribution in [-0.2, 0) is 4.74 Å². The van der Waals surface area contributed by atoms with Crippen molar-refractivity contribution in [3.05, 3.63) is 64.3 Å². The summed E-state index contributed by atoms with van der Waals surface area (Å²) in [6.07, 6.45) is 1.64. The van der Waals surface area contributed by atoms with E-state index in [0.717, 1.165) is 28.7 Å². The van der Waals surface area contributed by atoms with Gasteiger partial charge in [0.25, 0.3) is 11.8 Å². The smallest absolute Gasteiger partial charge is 0.289 e. The molecule has 1 saturated heterocycles. The number of aromatic nitrogens is 2. The molecule has 2 amide bonds. The molecule has 0 unspecified atom stereocenters. The van der Waals surface area contributed by atoms with Crippen LogP contribution in [-0.4, -0.2) is 48.1 Å². The first kappa shape index (κ1) is 22.3. The third-order valence-corrected chi connectivity index (χ3v) is 6.95. The maximum Gasteiger partial charge on any atom is 0.289 e. The lowest BCUT2D eigenvalue weighted by Crippen LogP contribution is -2.42. The van der Waals surface area contributed by atoms with Crippen molar-refractivity contribution in [2.45, 2.75) is 23.8 Å². The van der Waals surface area contributed by atoms with Crippen LogP contribution < -0.4 is 15.8 Å². The monoisotopic (exact) mass is 469 g/mol. The second-order valence-electron chi connectivity index (χ2n) is 7.25. The van der Waals surface area contributed by atoms with Gasteiger partial charge >= 0.3 is 0 Å². The first-order valence-electron chi connectivity index (χ1n) is 10.1. The van der Waals surface area contributed by atoms with Crippen LogP contribution >= 0.6 is 23.1 Å². The van der Waals surface area contributed by atoms with Gasteiger partial charge < -0.3 is 9.64 Å². The molecule has 4 rings (SSSR count). The Labute approximate surface area is 194 Å². The summed E-state index contributed by atoms with van der Waals surface area (Å²) in [5.74, 6) is -0.913. The maximum absolute atomic E-state index is 12.8. The molecule has 0 saturated carbocycles. The molecular formula is C22H23N5O3S2. The van der Waals surface area contributed by atoms with E-state index in [1.807, 2.05) is 26.0 Å². The molecule has 166 valence electrons. The number of rotatable bonds is 5. The number of nitrogens with zero attached hydrogens (tertiary/aromatic N) is 3. The zero-order valence-electron chi connectivity index (χ0n) is 17.8. The van der Waals surface area contributed by atoms with E-state index in [9.17, 15) is 9.59 Å². The summed E-state index contributed by atoms with van der Waals surface area (Å²) >= 11 is 2.81. The molecule has 0 spiro atoms. The topological polar surface area (TPSA) is 96.5 Å². The van der Waals surface area contributed by atoms with E-state index in [0.29, 0.717) is 23.8 Å². The molecule has 10 heteroatoms. The van der Waals surface area contributed by atoms with Crippen molar-refractivity contribution in [1.29, 1.82) is 0 Å². The number of ether oxygens (including phenoxy) is 1. The number of amides is 2. The number of aryl methyl sites for hydroxylation is 2. The third-order valence-electron chi connectivity index (χ3n) is 4.85. The van der Waals surface area contributed by atoms with Crippen LogP contribution in [0.5, 0.6) is 0 Å². The van der Waals surface area contributed by atoms with Gasteiger partial charge in [0.05, 0.1) is 18.8 Å². The highest BCUT2D eigenvalue weighted by Crippen LogP contribution is 2.31. The molecule has 2 aromatic heterocycles. The maximum atomic E-state index is 12.8. The van der Waals surface area contributed by atoms with E-state index < -0.39 is 11.8 Å². The summed E-state index contributed by atoms with van der Waals surface area (Å²) in [5, 5.41) is 3.01. The number of benzene rings is 1. The van der Waals surface area contributed by atoms with Crippen LogP contribution in [0, 0.1) is 13.8 Å². The number of carbonyl (C=O) groups is 2. The molecule has 3 aromatic rings. The quantitative estimate of drug-likeness (QED) is 0.554. The predicted octanol–water partition coefficient (Wildman–Crippen LogP) is 3.22. The van der Waals surface area contributed by atoms with E-state index in [4.69, 9.17) is 4.74 Å². The molecule has 1 aliphatic rings. The summed E-state index contributed by atoms with van der Waals surface area (Å²) in [7, 11) is 0. The minimum atomic E-state index is -0.471. The number of hydrazine groups is 1. The molecule has 8 nitrogen and oxygen atoms in total. The van der Waals surface area contributed by atoms with Gasteiger partial charge in [0.1, 0.15) is 10.7 Å². The highest BCUT2D eigenvalue weighted by molar-refractivity contribution is 7.99. The molecule has 2 N–H and O–H groups in total. The van der Waals surface area contributed by atoms with Gasteiger partial charge in [0.15, 0.2) is 5.13 Å². The van der Waals surface area contributed by atoms with Crippen LogP contribution in [0.3, 0.4) is 0 Å². The van der Waals surface area contributed by atoms with E-state index in [-0.39, 0.29) is 5.69 Å². The van der Waals surface area contributed by atoms with E-state index in [1.165, 1.54) is 28.7 Å². The van der Waals surface area contributed by atoms with E-state index in [1.54, 1.807) is 23.7 Å². The molecule has 0 atom stereocenters. The number of hydrogen-bond donors (Lipinski definition) is 2. The van der Waals surface area contributed by atoms with Crippen LogP contribution in [0.15, 0.2) is 51.8 Å². The number of hydrogen-bond acceptors (Lipinski definition) is 8. The Morgan fingerprint density at radius 2 is 1.91 bits per heavy atom. The van der Waals surface area contributed by atoms with Gasteiger partial charge in [-0.1, -0.05) is 29.5 Å². The lowest BCUT2D eigenvalue weighted by Gasteiger charge is -2.25. The lowest BCUT2D eigenvalue weighted by atomic mass is 10.2. The molecule has 1 aromatic carbocycles. The van der Waals surface area contributed by atoms with Gasteiger partial charge in [-0.15, -0.1) is 11.3 Å². The van der Waals surface area contributed by atoms with Crippen molar-refractivity contribution < 1.29 is 14.3 Å². The minimum absolute atomic E-state index is 0.257. The first-order chi connectivity index (χ1) is 15.5. The molecule has 3 heterocycles. The van der Waals surface area contributed by atoms with Gasteiger partial charge in [-0.25, -0.2) is 9.97 Å². The van der Waals surface area contributed by atoms with Gasteiger partial charge in [0.2, 0.25) is 0 Å². The van der Waals surface area contributed by atoms with Gasteiger partial charge in [-0.3, -0.25) is 20.4 Å². The fourth-order valence-corrected chi connectivity index (χ4v) is 4.98. The zero-order chi connectivity index (χ0) is 22.5. The third kappa shape index (κ3) is 5.26. The second kappa shape index (κ2) is 10.1. The number of nitrogens with one attached hydrogen (secondary N) is 2. The molecule has 0 bridgehead atoms. The summed E-state index contributed by atoms with van der Waals surface area (Å²) in [5.41, 5.74) is 7.85. The van der Waals surface area contributed by atoms with Crippen LogP contribution in [0.1, 0.15) is 32.0 Å². The van der Waals surface area contributed by atoms with Crippen LogP contribution in [0.2, 0.25) is 0 Å². The average Bonchev–Trinajstić information content (AvgIpc) is 3.30. The van der Waals surface area contributed by atoms with Crippen molar-refractivity contribution in [3.8, 4) is 0 Å². The van der Waals surface area contributed by atoms with Crippen molar-refractivity contribution in [2.24, 2.45) is 0 Å². The van der Waals surface area contributed by atoms with Gasteiger partial charge in [0, 0.05) is 29.6 Å². The van der Waals surface area contributed by atoms with Crippen molar-refractivity contribution in [2.75, 3.05) is 31.2 Å². The number of anilines is 1. The van der Waals surface area contributed by atoms with Gasteiger partial charge in [-0.05, 0) is 37.6 Å². The predicted molar refractivity (Wildman–Crippen MR) is 124 cm³/mol. The normalized spacial score (nSPS) is 13.6. The Balaban J connectivity index is 1.40. The van der Waals surface area contributed by atoms with E-state index >= 15 is 0 Å². The molecule has 0 aliphatic carbocycles. The molecule has 1 aliphatic heterocycles. The first-order valence-corrected chi connectivity index (χ1v) is 11.8.